The summed E-state index contributed by atoms with van der Waals surface area (Å²) in [4.78, 5) is 6.05. The van der Waals surface area contributed by atoms with E-state index < -0.39 is 0 Å². The van der Waals surface area contributed by atoms with Crippen LogP contribution in [0.5, 0.6) is 5.75 Å². The summed E-state index contributed by atoms with van der Waals surface area (Å²) in [7, 11) is 0. The lowest BCUT2D eigenvalue weighted by molar-refractivity contribution is 0.127. The van der Waals surface area contributed by atoms with Crippen LogP contribution in [0, 0.1) is 12.5 Å². The van der Waals surface area contributed by atoms with E-state index in [9.17, 15) is 0 Å². The quantitative estimate of drug-likeness (QED) is 0.284. The van der Waals surface area contributed by atoms with E-state index in [1.165, 1.54) is 50.8 Å². The molecule has 0 spiro atoms. The minimum Gasteiger partial charge on any atom is -0.494 e. The van der Waals surface area contributed by atoms with Crippen molar-refractivity contribution in [3.63, 3.8) is 0 Å². The summed E-state index contributed by atoms with van der Waals surface area (Å²) in [6.45, 7) is 11.2. The summed E-state index contributed by atoms with van der Waals surface area (Å²) < 4.78 is 5.90. The third kappa shape index (κ3) is 4.61. The lowest BCUT2D eigenvalue weighted by Gasteiger charge is -2.48. The Morgan fingerprint density at radius 3 is 2.41 bits per heavy atom. The second kappa shape index (κ2) is 10.5. The maximum Gasteiger partial charge on any atom is 0.187 e. The average Bonchev–Trinajstić information content (AvgIpc) is 2.92. The van der Waals surface area contributed by atoms with Crippen molar-refractivity contribution in [3.8, 4) is 5.75 Å². The first-order valence-corrected chi connectivity index (χ1v) is 12.8. The van der Waals surface area contributed by atoms with Gasteiger partial charge in [0.15, 0.2) is 5.69 Å². The molecule has 0 aromatic heterocycles. The molecule has 1 unspecified atom stereocenters. The van der Waals surface area contributed by atoms with Crippen LogP contribution in [0.4, 0.5) is 5.69 Å². The van der Waals surface area contributed by atoms with Crippen LogP contribution in [0.2, 0.25) is 0 Å². The first-order valence-electron chi connectivity index (χ1n) is 12.8. The molecule has 1 fully saturated rings. The molecule has 1 atom stereocenters. The monoisotopic (exact) mass is 450 g/mol. The normalized spacial score (nSPS) is 20.9. The van der Waals surface area contributed by atoms with E-state index in [4.69, 9.17) is 11.3 Å². The van der Waals surface area contributed by atoms with Crippen molar-refractivity contribution >= 4 is 5.69 Å². The van der Waals surface area contributed by atoms with Gasteiger partial charge in [-0.3, -0.25) is 0 Å². The second-order valence-electron chi connectivity index (χ2n) is 9.77. The Balaban J connectivity index is 1.22. The predicted molar refractivity (Wildman–Crippen MR) is 139 cm³/mol. The van der Waals surface area contributed by atoms with Gasteiger partial charge in [0.25, 0.3) is 0 Å². The zero-order valence-electron chi connectivity index (χ0n) is 20.0. The summed E-state index contributed by atoms with van der Waals surface area (Å²) >= 11 is 0. The van der Waals surface area contributed by atoms with Gasteiger partial charge in [-0.1, -0.05) is 66.7 Å². The first kappa shape index (κ1) is 22.7. The van der Waals surface area contributed by atoms with E-state index in [0.717, 1.165) is 25.3 Å². The number of benzene rings is 3. The Bertz CT molecular complexity index is 1110. The predicted octanol–water partition coefficient (Wildman–Crippen LogP) is 7.04. The van der Waals surface area contributed by atoms with Crippen LogP contribution in [0.1, 0.15) is 48.8 Å². The molecule has 3 heteroatoms. The fourth-order valence-electron chi connectivity index (χ4n) is 6.31. The minimum absolute atomic E-state index is 0.156. The highest BCUT2D eigenvalue weighted by Crippen LogP contribution is 2.51. The van der Waals surface area contributed by atoms with Gasteiger partial charge in [0.05, 0.1) is 13.2 Å². The number of ether oxygens (including phenoxy) is 1. The van der Waals surface area contributed by atoms with Crippen molar-refractivity contribution in [2.75, 3.05) is 26.2 Å². The van der Waals surface area contributed by atoms with Gasteiger partial charge in [-0.2, -0.15) is 0 Å². The lowest BCUT2D eigenvalue weighted by Crippen LogP contribution is -2.46. The minimum atomic E-state index is 0.156. The summed E-state index contributed by atoms with van der Waals surface area (Å²) in [6.07, 6.45) is 7.29. The Hall–Kier alpha value is -3.09. The number of nitrogens with zero attached hydrogens (tertiary/aromatic N) is 2. The van der Waals surface area contributed by atoms with E-state index in [0.29, 0.717) is 11.6 Å². The molecule has 1 heterocycles. The zero-order chi connectivity index (χ0) is 23.2. The van der Waals surface area contributed by atoms with E-state index in [1.54, 1.807) is 11.1 Å². The standard InChI is InChI=1S/C31H34N2O/c1-32-28-14-16-29(17-15-28)34-24-8-21-33-22-18-27(19-23-33)31(26-11-3-2-4-12-26)20-7-10-25-9-5-6-13-30(25)31/h2-6,9,11-17,27H,7-8,10,18-24H2. The highest BCUT2D eigenvalue weighted by atomic mass is 16.5. The Morgan fingerprint density at radius 1 is 0.912 bits per heavy atom. The molecule has 34 heavy (non-hydrogen) atoms. The number of likely N-dealkylation sites (tertiary alicyclic amines) is 1. The van der Waals surface area contributed by atoms with Gasteiger partial charge in [0, 0.05) is 12.0 Å². The van der Waals surface area contributed by atoms with Crippen molar-refractivity contribution in [1.82, 2.24) is 4.90 Å². The van der Waals surface area contributed by atoms with E-state index in [1.807, 2.05) is 24.3 Å². The van der Waals surface area contributed by atoms with Crippen molar-refractivity contribution < 1.29 is 4.74 Å². The molecule has 5 rings (SSSR count). The van der Waals surface area contributed by atoms with Gasteiger partial charge in [-0.05, 0) is 86.4 Å². The van der Waals surface area contributed by atoms with E-state index in [2.05, 4.69) is 64.3 Å². The van der Waals surface area contributed by atoms with Gasteiger partial charge in [-0.25, -0.2) is 4.85 Å². The molecule has 1 saturated heterocycles. The molecule has 3 aromatic rings. The van der Waals surface area contributed by atoms with Crippen molar-refractivity contribution in [3.05, 3.63) is 107 Å². The number of rotatable bonds is 7. The summed E-state index contributed by atoms with van der Waals surface area (Å²) in [5.74, 6) is 1.54. The molecule has 0 N–H and O–H groups in total. The highest BCUT2D eigenvalue weighted by molar-refractivity contribution is 5.47. The maximum atomic E-state index is 7.05. The van der Waals surface area contributed by atoms with Crippen molar-refractivity contribution in [2.45, 2.75) is 43.9 Å². The van der Waals surface area contributed by atoms with E-state index >= 15 is 0 Å². The Morgan fingerprint density at radius 2 is 1.65 bits per heavy atom. The number of fused-ring (bicyclic) bond motifs is 1. The van der Waals surface area contributed by atoms with Gasteiger partial charge in [-0.15, -0.1) is 0 Å². The molecule has 174 valence electrons. The molecule has 1 aliphatic heterocycles. The number of piperidine rings is 1. The molecular weight excluding hydrogens is 416 g/mol. The van der Waals surface area contributed by atoms with Gasteiger partial charge in [0.2, 0.25) is 0 Å². The molecule has 3 nitrogen and oxygen atoms in total. The van der Waals surface area contributed by atoms with Crippen LogP contribution in [0.25, 0.3) is 4.85 Å². The highest BCUT2D eigenvalue weighted by Gasteiger charge is 2.45. The number of aryl methyl sites for hydroxylation is 1. The molecule has 1 aliphatic carbocycles. The average molecular weight is 451 g/mol. The summed E-state index contributed by atoms with van der Waals surface area (Å²) in [5, 5.41) is 0. The van der Waals surface area contributed by atoms with Crippen molar-refractivity contribution in [1.29, 1.82) is 0 Å². The van der Waals surface area contributed by atoms with Crippen LogP contribution < -0.4 is 4.74 Å². The van der Waals surface area contributed by atoms with Gasteiger partial charge >= 0.3 is 0 Å². The molecule has 0 amide bonds. The topological polar surface area (TPSA) is 16.8 Å². The summed E-state index contributed by atoms with van der Waals surface area (Å²) in [6, 6.07) is 28.0. The first-order chi connectivity index (χ1) is 16.8. The summed E-state index contributed by atoms with van der Waals surface area (Å²) in [5.41, 5.74) is 5.47. The molecular formula is C31H34N2O. The Kier molecular flexibility index (Phi) is 6.97. The van der Waals surface area contributed by atoms with E-state index in [-0.39, 0.29) is 5.41 Å². The van der Waals surface area contributed by atoms with Crippen LogP contribution in [0.3, 0.4) is 0 Å². The number of hydrogen-bond donors (Lipinski definition) is 0. The molecule has 0 bridgehead atoms. The fraction of sp³-hybridized carbons (Fsp3) is 0.387. The fourth-order valence-corrected chi connectivity index (χ4v) is 6.31. The third-order valence-electron chi connectivity index (χ3n) is 7.94. The molecule has 2 aliphatic rings. The second-order valence-corrected chi connectivity index (χ2v) is 9.77. The maximum absolute atomic E-state index is 7.05. The smallest absolute Gasteiger partial charge is 0.187 e. The largest absolute Gasteiger partial charge is 0.494 e. The molecule has 3 aromatic carbocycles. The SMILES string of the molecule is [C-]#[N+]c1ccc(OCCCN2CCC(C3(c4ccccc4)CCCc4ccccc43)CC2)cc1. The van der Waals surface area contributed by atoms with Crippen LogP contribution in [-0.4, -0.2) is 31.1 Å². The molecule has 0 radical (unpaired) electrons. The zero-order valence-corrected chi connectivity index (χ0v) is 20.0. The molecule has 0 saturated carbocycles. The Labute approximate surface area is 204 Å². The lowest BCUT2D eigenvalue weighted by atomic mass is 9.57. The number of hydrogen-bond acceptors (Lipinski definition) is 2. The van der Waals surface area contributed by atoms with Crippen LogP contribution in [-0.2, 0) is 11.8 Å². The van der Waals surface area contributed by atoms with Crippen LogP contribution >= 0.6 is 0 Å². The van der Waals surface area contributed by atoms with Gasteiger partial charge in [0.1, 0.15) is 5.75 Å². The third-order valence-corrected chi connectivity index (χ3v) is 7.94. The van der Waals surface area contributed by atoms with Gasteiger partial charge < -0.3 is 9.64 Å². The van der Waals surface area contributed by atoms with Crippen LogP contribution in [0.15, 0.2) is 78.9 Å². The van der Waals surface area contributed by atoms with Crippen molar-refractivity contribution in [2.24, 2.45) is 5.92 Å².